The Kier molecular flexibility index (Phi) is 3.16. The molecule has 0 bridgehead atoms. The van der Waals surface area contributed by atoms with Crippen LogP contribution in [0.25, 0.3) is 0 Å². The Balaban J connectivity index is 2.02. The Hall–Kier alpha value is -1.16. The average Bonchev–Trinajstić information content (AvgIpc) is 2.30. The topological polar surface area (TPSA) is 63.0 Å². The van der Waals surface area contributed by atoms with Crippen molar-refractivity contribution in [1.82, 2.24) is 10.2 Å². The van der Waals surface area contributed by atoms with Gasteiger partial charge in [-0.2, -0.15) is 0 Å². The molecule has 1 fully saturated rings. The Labute approximate surface area is 90.4 Å². The third-order valence-corrected chi connectivity index (χ3v) is 3.04. The van der Waals surface area contributed by atoms with Crippen molar-refractivity contribution in [3.05, 3.63) is 12.3 Å². The van der Waals surface area contributed by atoms with Gasteiger partial charge in [0.25, 0.3) is 0 Å². The minimum atomic E-state index is 0.279. The van der Waals surface area contributed by atoms with Gasteiger partial charge in [-0.3, -0.25) is 15.7 Å². The summed E-state index contributed by atoms with van der Waals surface area (Å²) in [5.41, 5.74) is 0. The van der Waals surface area contributed by atoms with E-state index in [2.05, 4.69) is 5.32 Å². The molecule has 4 heteroatoms. The lowest BCUT2D eigenvalue weighted by Crippen LogP contribution is -2.43. The minimum Gasteiger partial charge on any atom is -0.316 e. The van der Waals surface area contributed by atoms with Gasteiger partial charge in [0, 0.05) is 25.1 Å². The quantitative estimate of drug-likeness (QED) is 0.450. The van der Waals surface area contributed by atoms with Crippen LogP contribution in [0.5, 0.6) is 0 Å². The van der Waals surface area contributed by atoms with E-state index in [4.69, 9.17) is 10.8 Å². The van der Waals surface area contributed by atoms with E-state index in [-0.39, 0.29) is 5.92 Å². The third kappa shape index (κ3) is 2.26. The van der Waals surface area contributed by atoms with Crippen LogP contribution in [0.3, 0.4) is 0 Å². The van der Waals surface area contributed by atoms with Crippen LogP contribution in [-0.2, 0) is 0 Å². The van der Waals surface area contributed by atoms with Crippen LogP contribution in [0.15, 0.2) is 12.3 Å². The highest BCUT2D eigenvalue weighted by Crippen LogP contribution is 2.17. The molecule has 0 aromatic heterocycles. The van der Waals surface area contributed by atoms with E-state index in [0.29, 0.717) is 11.7 Å². The number of hydrogen-bond donors (Lipinski definition) is 3. The summed E-state index contributed by atoms with van der Waals surface area (Å²) in [5, 5.41) is 19.2. The molecule has 0 aliphatic carbocycles. The second-order valence-corrected chi connectivity index (χ2v) is 4.17. The molecular weight excluding hydrogens is 188 g/mol. The maximum atomic E-state index is 8.10. The predicted molar refractivity (Wildman–Crippen MR) is 61.3 cm³/mol. The average molecular weight is 206 g/mol. The van der Waals surface area contributed by atoms with Gasteiger partial charge in [-0.05, 0) is 25.8 Å². The lowest BCUT2D eigenvalue weighted by Gasteiger charge is -2.31. The molecule has 1 saturated heterocycles. The Bertz CT molecular complexity index is 289. The molecule has 0 spiro atoms. The zero-order valence-corrected chi connectivity index (χ0v) is 8.92. The largest absolute Gasteiger partial charge is 0.316 e. The molecule has 1 unspecified atom stereocenters. The lowest BCUT2D eigenvalue weighted by atomic mass is 9.97. The SMILES string of the molecule is N=C1CCC=CN1C(=N)C1CCCNC1. The Morgan fingerprint density at radius 3 is 3.07 bits per heavy atom. The van der Waals surface area contributed by atoms with Crippen LogP contribution in [0.1, 0.15) is 25.7 Å². The molecule has 0 radical (unpaired) electrons. The first-order chi connectivity index (χ1) is 7.29. The zero-order chi connectivity index (χ0) is 10.7. The van der Waals surface area contributed by atoms with Crippen molar-refractivity contribution in [2.24, 2.45) is 5.92 Å². The summed E-state index contributed by atoms with van der Waals surface area (Å²) in [6.45, 7) is 1.95. The summed E-state index contributed by atoms with van der Waals surface area (Å²) in [6, 6.07) is 0. The molecule has 2 aliphatic heterocycles. The summed E-state index contributed by atoms with van der Waals surface area (Å²) >= 11 is 0. The monoisotopic (exact) mass is 206 g/mol. The van der Waals surface area contributed by atoms with Crippen molar-refractivity contribution >= 4 is 11.7 Å². The van der Waals surface area contributed by atoms with Crippen molar-refractivity contribution in [2.75, 3.05) is 13.1 Å². The smallest absolute Gasteiger partial charge is 0.110 e. The van der Waals surface area contributed by atoms with Crippen LogP contribution in [0, 0.1) is 16.7 Å². The van der Waals surface area contributed by atoms with Gasteiger partial charge >= 0.3 is 0 Å². The van der Waals surface area contributed by atoms with Gasteiger partial charge in [0.2, 0.25) is 0 Å². The van der Waals surface area contributed by atoms with E-state index >= 15 is 0 Å². The first kappa shape index (κ1) is 10.4. The van der Waals surface area contributed by atoms with Crippen molar-refractivity contribution in [1.29, 1.82) is 10.8 Å². The van der Waals surface area contributed by atoms with Crippen molar-refractivity contribution in [3.63, 3.8) is 0 Å². The molecule has 3 N–H and O–H groups in total. The van der Waals surface area contributed by atoms with E-state index in [0.717, 1.165) is 38.8 Å². The van der Waals surface area contributed by atoms with Gasteiger partial charge in [-0.15, -0.1) is 0 Å². The van der Waals surface area contributed by atoms with E-state index < -0.39 is 0 Å². The van der Waals surface area contributed by atoms with E-state index in [9.17, 15) is 0 Å². The second-order valence-electron chi connectivity index (χ2n) is 4.17. The number of piperidine rings is 1. The number of nitrogens with one attached hydrogen (secondary N) is 3. The fourth-order valence-electron chi connectivity index (χ4n) is 2.12. The number of nitrogens with zero attached hydrogens (tertiary/aromatic N) is 1. The molecule has 15 heavy (non-hydrogen) atoms. The summed E-state index contributed by atoms with van der Waals surface area (Å²) in [6.07, 6.45) is 7.83. The fraction of sp³-hybridized carbons (Fsp3) is 0.636. The second kappa shape index (κ2) is 4.57. The van der Waals surface area contributed by atoms with Crippen LogP contribution in [0.4, 0.5) is 0 Å². The minimum absolute atomic E-state index is 0.279. The van der Waals surface area contributed by atoms with Gasteiger partial charge in [-0.1, -0.05) is 6.08 Å². The summed E-state index contributed by atoms with van der Waals surface area (Å²) < 4.78 is 0. The van der Waals surface area contributed by atoms with Gasteiger partial charge in [0.15, 0.2) is 0 Å². The van der Waals surface area contributed by atoms with E-state index in [1.807, 2.05) is 12.3 Å². The molecule has 0 saturated carbocycles. The molecule has 0 amide bonds. The first-order valence-corrected chi connectivity index (χ1v) is 5.61. The zero-order valence-electron chi connectivity index (χ0n) is 8.92. The molecule has 1 atom stereocenters. The van der Waals surface area contributed by atoms with Crippen molar-refractivity contribution < 1.29 is 0 Å². The fourth-order valence-corrected chi connectivity index (χ4v) is 2.12. The Morgan fingerprint density at radius 1 is 1.53 bits per heavy atom. The molecule has 0 aromatic rings. The van der Waals surface area contributed by atoms with E-state index in [1.54, 1.807) is 4.90 Å². The molecule has 4 nitrogen and oxygen atoms in total. The standard InChI is InChI=1S/C11H18N4/c12-10-5-1-2-7-15(10)11(13)9-4-3-6-14-8-9/h2,7,9,12-14H,1,3-6,8H2. The highest BCUT2D eigenvalue weighted by Gasteiger charge is 2.24. The van der Waals surface area contributed by atoms with E-state index in [1.165, 1.54) is 0 Å². The molecule has 2 heterocycles. The molecule has 2 aliphatic rings. The maximum Gasteiger partial charge on any atom is 0.110 e. The summed E-state index contributed by atoms with van der Waals surface area (Å²) in [5.74, 6) is 1.43. The highest BCUT2D eigenvalue weighted by molar-refractivity contribution is 6.00. The molecule has 82 valence electrons. The highest BCUT2D eigenvalue weighted by atomic mass is 15.2. The number of amidine groups is 2. The van der Waals surface area contributed by atoms with Crippen molar-refractivity contribution in [3.8, 4) is 0 Å². The van der Waals surface area contributed by atoms with Crippen LogP contribution < -0.4 is 5.32 Å². The lowest BCUT2D eigenvalue weighted by molar-refractivity contribution is 0.438. The number of rotatable bonds is 1. The maximum absolute atomic E-state index is 8.10. The van der Waals surface area contributed by atoms with Crippen LogP contribution in [0.2, 0.25) is 0 Å². The van der Waals surface area contributed by atoms with Gasteiger partial charge in [0.05, 0.1) is 0 Å². The summed E-state index contributed by atoms with van der Waals surface area (Å²) in [4.78, 5) is 1.74. The third-order valence-electron chi connectivity index (χ3n) is 3.04. The van der Waals surface area contributed by atoms with Crippen LogP contribution in [-0.4, -0.2) is 29.7 Å². The van der Waals surface area contributed by atoms with Crippen LogP contribution >= 0.6 is 0 Å². The predicted octanol–water partition coefficient (Wildman–Crippen LogP) is 1.55. The number of allylic oxidation sites excluding steroid dienone is 1. The van der Waals surface area contributed by atoms with Gasteiger partial charge in [0.1, 0.15) is 11.7 Å². The van der Waals surface area contributed by atoms with Gasteiger partial charge < -0.3 is 5.32 Å². The molecular formula is C11H18N4. The summed E-state index contributed by atoms with van der Waals surface area (Å²) in [7, 11) is 0. The first-order valence-electron chi connectivity index (χ1n) is 5.61. The molecule has 0 aromatic carbocycles. The van der Waals surface area contributed by atoms with Gasteiger partial charge in [-0.25, -0.2) is 0 Å². The Morgan fingerprint density at radius 2 is 2.40 bits per heavy atom. The molecule has 2 rings (SSSR count). The number of hydrogen-bond acceptors (Lipinski definition) is 3. The normalized spacial score (nSPS) is 26.8. The van der Waals surface area contributed by atoms with Crippen molar-refractivity contribution in [2.45, 2.75) is 25.7 Å².